The number of benzene rings is 1. The summed E-state index contributed by atoms with van der Waals surface area (Å²) in [6.07, 6.45) is 3.38. The molecular weight excluding hydrogens is 328 g/mol. The monoisotopic (exact) mass is 346 g/mol. The molecule has 7 nitrogen and oxygen atoms in total. The van der Waals surface area contributed by atoms with Gasteiger partial charge in [-0.05, 0) is 31.2 Å². The van der Waals surface area contributed by atoms with Crippen LogP contribution >= 0.6 is 0 Å². The summed E-state index contributed by atoms with van der Waals surface area (Å²) in [5, 5.41) is 11.5. The van der Waals surface area contributed by atoms with Crippen molar-refractivity contribution in [3.05, 3.63) is 47.1 Å². The molecule has 0 radical (unpaired) electrons. The summed E-state index contributed by atoms with van der Waals surface area (Å²) < 4.78 is 31.5. The molecule has 2 heterocycles. The van der Waals surface area contributed by atoms with E-state index in [4.69, 9.17) is 9.88 Å². The van der Waals surface area contributed by atoms with Gasteiger partial charge >= 0.3 is 0 Å². The van der Waals surface area contributed by atoms with Crippen molar-refractivity contribution in [2.75, 3.05) is 7.11 Å². The lowest BCUT2D eigenvalue weighted by atomic mass is 10.2. The molecule has 2 N–H and O–H groups in total. The maximum atomic E-state index is 11.3. The summed E-state index contributed by atoms with van der Waals surface area (Å²) in [6.45, 7) is 1.82. The Hall–Kier alpha value is -2.58. The van der Waals surface area contributed by atoms with E-state index >= 15 is 0 Å². The maximum Gasteiger partial charge on any atom is 0.231 e. The Labute approximate surface area is 140 Å². The second-order valence-corrected chi connectivity index (χ2v) is 6.90. The Morgan fingerprint density at radius 1 is 1.29 bits per heavy atom. The summed E-state index contributed by atoms with van der Waals surface area (Å²) in [5.74, 6) is 1.48. The van der Waals surface area contributed by atoms with E-state index in [0.717, 1.165) is 27.9 Å². The molecule has 0 fully saturated rings. The van der Waals surface area contributed by atoms with Crippen LogP contribution < -0.4 is 9.88 Å². The van der Waals surface area contributed by atoms with E-state index in [1.165, 1.54) is 6.08 Å². The molecule has 3 aromatic rings. The minimum atomic E-state index is -3.72. The van der Waals surface area contributed by atoms with E-state index in [2.05, 4.69) is 5.10 Å². The van der Waals surface area contributed by atoms with Gasteiger partial charge in [-0.15, -0.1) is 0 Å². The molecule has 3 rings (SSSR count). The standard InChI is InChI=1S/C16H18N4O3S/c1-11-14(7-9-24(17,21)22)16(19(2)18-11)20-8-6-12-4-5-13(23-3)10-15(12)20/h4-10H,1-3H3,(H2,17,21,22)/b9-7+. The van der Waals surface area contributed by atoms with Crippen LogP contribution in [0.2, 0.25) is 0 Å². The number of methoxy groups -OCH3 is 1. The molecule has 8 heteroatoms. The molecule has 0 saturated carbocycles. The SMILES string of the molecule is COc1ccc2ccn(-c3c(/C=C/S(N)(=O)=O)c(C)nn3C)c2c1. The highest BCUT2D eigenvalue weighted by atomic mass is 32.2. The number of fused-ring (bicyclic) bond motifs is 1. The minimum absolute atomic E-state index is 0.687. The van der Waals surface area contributed by atoms with E-state index in [0.29, 0.717) is 11.3 Å². The molecule has 0 bridgehead atoms. The fraction of sp³-hybridized carbons (Fsp3) is 0.188. The summed E-state index contributed by atoms with van der Waals surface area (Å²) >= 11 is 0. The zero-order chi connectivity index (χ0) is 17.5. The molecule has 0 aliphatic rings. The number of aromatic nitrogens is 3. The van der Waals surface area contributed by atoms with Crippen molar-refractivity contribution in [3.63, 3.8) is 0 Å². The first-order valence-corrected chi connectivity index (χ1v) is 8.81. The Balaban J connectivity index is 2.25. The largest absolute Gasteiger partial charge is 0.497 e. The van der Waals surface area contributed by atoms with Gasteiger partial charge in [0.05, 0.1) is 18.3 Å². The Morgan fingerprint density at radius 3 is 2.71 bits per heavy atom. The Morgan fingerprint density at radius 2 is 2.04 bits per heavy atom. The van der Waals surface area contributed by atoms with Crippen molar-refractivity contribution >= 4 is 27.0 Å². The van der Waals surface area contributed by atoms with Gasteiger partial charge in [-0.1, -0.05) is 0 Å². The Kier molecular flexibility index (Phi) is 3.94. The van der Waals surface area contributed by atoms with E-state index in [9.17, 15) is 8.42 Å². The lowest BCUT2D eigenvalue weighted by Gasteiger charge is -2.09. The fourth-order valence-corrected chi connectivity index (χ4v) is 3.05. The average molecular weight is 346 g/mol. The fourth-order valence-electron chi connectivity index (χ4n) is 2.73. The van der Waals surface area contributed by atoms with E-state index < -0.39 is 10.0 Å². The molecule has 0 spiro atoms. The molecular formula is C16H18N4O3S. The first kappa shape index (κ1) is 16.3. The molecule has 0 unspecified atom stereocenters. The topological polar surface area (TPSA) is 92.1 Å². The van der Waals surface area contributed by atoms with Crippen LogP contribution in [0.4, 0.5) is 0 Å². The first-order valence-electron chi connectivity index (χ1n) is 7.20. The lowest BCUT2D eigenvalue weighted by Crippen LogP contribution is -2.07. The number of hydrogen-bond acceptors (Lipinski definition) is 4. The summed E-state index contributed by atoms with van der Waals surface area (Å²) in [7, 11) is -0.293. The number of ether oxygens (including phenoxy) is 1. The minimum Gasteiger partial charge on any atom is -0.497 e. The third kappa shape index (κ3) is 2.93. The molecule has 0 saturated heterocycles. The number of hydrogen-bond donors (Lipinski definition) is 1. The number of sulfonamides is 1. The van der Waals surface area contributed by atoms with Gasteiger partial charge in [-0.25, -0.2) is 13.6 Å². The number of primary sulfonamides is 1. The highest BCUT2D eigenvalue weighted by Crippen LogP contribution is 2.28. The van der Waals surface area contributed by atoms with Crippen LogP contribution in [0.15, 0.2) is 35.9 Å². The van der Waals surface area contributed by atoms with Crippen LogP contribution in [-0.2, 0) is 17.1 Å². The van der Waals surface area contributed by atoms with Crippen molar-refractivity contribution in [2.45, 2.75) is 6.92 Å². The number of nitrogens with zero attached hydrogens (tertiary/aromatic N) is 3. The average Bonchev–Trinajstić information content (AvgIpc) is 3.03. The smallest absolute Gasteiger partial charge is 0.231 e. The van der Waals surface area contributed by atoms with Crippen molar-refractivity contribution < 1.29 is 13.2 Å². The summed E-state index contributed by atoms with van der Waals surface area (Å²) in [6, 6.07) is 7.76. The van der Waals surface area contributed by atoms with Crippen molar-refractivity contribution in [2.24, 2.45) is 12.2 Å². The summed E-state index contributed by atoms with van der Waals surface area (Å²) in [4.78, 5) is 0. The van der Waals surface area contributed by atoms with E-state index in [1.54, 1.807) is 11.8 Å². The van der Waals surface area contributed by atoms with Gasteiger partial charge in [-0.2, -0.15) is 5.10 Å². The Bertz CT molecular complexity index is 1040. The third-order valence-corrected chi connectivity index (χ3v) is 4.31. The highest BCUT2D eigenvalue weighted by molar-refractivity contribution is 7.92. The molecule has 1 aromatic carbocycles. The van der Waals surface area contributed by atoms with Crippen molar-refractivity contribution in [1.82, 2.24) is 14.3 Å². The second-order valence-electron chi connectivity index (χ2n) is 5.45. The van der Waals surface area contributed by atoms with Crippen LogP contribution in [0.25, 0.3) is 22.8 Å². The lowest BCUT2D eigenvalue weighted by molar-refractivity contribution is 0.415. The highest BCUT2D eigenvalue weighted by Gasteiger charge is 2.15. The van der Waals surface area contributed by atoms with Gasteiger partial charge in [0, 0.05) is 35.7 Å². The predicted octanol–water partition coefficient (Wildman–Crippen LogP) is 1.94. The quantitative estimate of drug-likeness (QED) is 0.781. The van der Waals surface area contributed by atoms with Crippen LogP contribution in [0.3, 0.4) is 0 Å². The molecule has 24 heavy (non-hydrogen) atoms. The zero-order valence-electron chi connectivity index (χ0n) is 13.6. The second kappa shape index (κ2) is 5.81. The van der Waals surface area contributed by atoms with Gasteiger partial charge in [0.1, 0.15) is 11.6 Å². The van der Waals surface area contributed by atoms with Gasteiger partial charge in [-0.3, -0.25) is 4.68 Å². The van der Waals surface area contributed by atoms with E-state index in [-0.39, 0.29) is 0 Å². The van der Waals surface area contributed by atoms with Gasteiger partial charge in [0.15, 0.2) is 0 Å². The van der Waals surface area contributed by atoms with Crippen LogP contribution in [0, 0.1) is 6.92 Å². The molecule has 0 aliphatic heterocycles. The molecule has 2 aromatic heterocycles. The van der Waals surface area contributed by atoms with Gasteiger partial charge in [0.2, 0.25) is 10.0 Å². The molecule has 0 aliphatic carbocycles. The normalized spacial score (nSPS) is 12.3. The van der Waals surface area contributed by atoms with E-state index in [1.807, 2.05) is 49.0 Å². The number of nitrogens with two attached hydrogens (primary N) is 1. The predicted molar refractivity (Wildman–Crippen MR) is 93.5 cm³/mol. The first-order chi connectivity index (χ1) is 11.3. The number of rotatable bonds is 4. The molecule has 0 atom stereocenters. The van der Waals surface area contributed by atoms with Crippen molar-refractivity contribution in [1.29, 1.82) is 0 Å². The van der Waals surface area contributed by atoms with Crippen LogP contribution in [0.5, 0.6) is 5.75 Å². The van der Waals surface area contributed by atoms with Gasteiger partial charge in [0.25, 0.3) is 0 Å². The molecule has 0 amide bonds. The van der Waals surface area contributed by atoms with Crippen LogP contribution in [0.1, 0.15) is 11.3 Å². The third-order valence-electron chi connectivity index (χ3n) is 3.79. The molecule has 126 valence electrons. The zero-order valence-corrected chi connectivity index (χ0v) is 14.4. The maximum absolute atomic E-state index is 11.3. The summed E-state index contributed by atoms with van der Waals surface area (Å²) in [5.41, 5.74) is 2.33. The van der Waals surface area contributed by atoms with Gasteiger partial charge < -0.3 is 9.30 Å². The van der Waals surface area contributed by atoms with Crippen molar-refractivity contribution in [3.8, 4) is 11.6 Å². The number of aryl methyl sites for hydroxylation is 2. The van der Waals surface area contributed by atoms with Crippen LogP contribution in [-0.4, -0.2) is 29.9 Å².